The zero-order chi connectivity index (χ0) is 49.9. The number of hydrogen-bond acceptors (Lipinski definition) is 10. The first-order valence-electron chi connectivity index (χ1n) is 27.5. The molecule has 0 unspecified atom stereocenters. The number of aromatic nitrogens is 4. The predicted molar refractivity (Wildman–Crippen MR) is 293 cm³/mol. The largest absolute Gasteiger partial charge is 0.494 e. The van der Waals surface area contributed by atoms with Gasteiger partial charge in [-0.15, -0.1) is 0 Å². The van der Waals surface area contributed by atoms with Gasteiger partial charge in [0.15, 0.2) is 23.1 Å². The van der Waals surface area contributed by atoms with Crippen LogP contribution < -0.4 is 28.4 Å². The average molecular weight is 979 g/mol. The van der Waals surface area contributed by atoms with Crippen molar-refractivity contribution in [1.29, 1.82) is 0 Å². The highest BCUT2D eigenvalue weighted by atomic mass is 16.5. The Balaban J connectivity index is 0.727. The molecule has 0 aliphatic rings. The van der Waals surface area contributed by atoms with Gasteiger partial charge >= 0.3 is 0 Å². The van der Waals surface area contributed by atoms with E-state index < -0.39 is 0 Å². The van der Waals surface area contributed by atoms with Crippen LogP contribution in [0.25, 0.3) is 33.9 Å². The number of unbranched alkanes of at least 4 members (excludes halogenated alkanes) is 18. The third-order valence-corrected chi connectivity index (χ3v) is 12.7. The van der Waals surface area contributed by atoms with E-state index in [2.05, 4.69) is 82.3 Å². The lowest BCUT2D eigenvalue weighted by Crippen LogP contribution is -2.00. The normalized spacial score (nSPS) is 11.1. The quantitative estimate of drug-likeness (QED) is 0.0347. The van der Waals surface area contributed by atoms with Crippen molar-refractivity contribution in [1.82, 2.24) is 19.9 Å². The van der Waals surface area contributed by atoms with Crippen molar-refractivity contribution in [2.75, 3.05) is 39.6 Å². The molecule has 0 aliphatic carbocycles. The molecule has 10 nitrogen and oxygen atoms in total. The second-order valence-electron chi connectivity index (χ2n) is 18.7. The highest BCUT2D eigenvalue weighted by Crippen LogP contribution is 2.26. The van der Waals surface area contributed by atoms with E-state index in [1.807, 2.05) is 48.5 Å². The molecule has 0 saturated heterocycles. The summed E-state index contributed by atoms with van der Waals surface area (Å²) in [5.74, 6) is 6.34. The second kappa shape index (κ2) is 34.2. The van der Waals surface area contributed by atoms with Crippen LogP contribution in [0.2, 0.25) is 0 Å². The summed E-state index contributed by atoms with van der Waals surface area (Å²) in [7, 11) is 0. The van der Waals surface area contributed by atoms with Gasteiger partial charge in [-0.25, -0.2) is 19.9 Å². The SMILES string of the molecule is CCCCCCCCOc1ccc(-c2ccc(OCCCCCCCOc3cnc(-c4ccc(OCCCCCCCOc5ccc(-c6ncc(OCCCCCCCC)cn6)cc5)cc4)nc3)cc2)cc1. The van der Waals surface area contributed by atoms with Gasteiger partial charge in [0.2, 0.25) is 0 Å². The molecule has 0 atom stereocenters. The fourth-order valence-corrected chi connectivity index (χ4v) is 8.34. The third-order valence-electron chi connectivity index (χ3n) is 12.7. The lowest BCUT2D eigenvalue weighted by Gasteiger charge is -2.09. The zero-order valence-electron chi connectivity index (χ0n) is 43.6. The number of benzene rings is 4. The molecule has 2 heterocycles. The Morgan fingerprint density at radius 2 is 0.444 bits per heavy atom. The van der Waals surface area contributed by atoms with Gasteiger partial charge in [0, 0.05) is 11.1 Å². The fourth-order valence-electron chi connectivity index (χ4n) is 8.34. The van der Waals surface area contributed by atoms with Crippen LogP contribution >= 0.6 is 0 Å². The number of hydrogen-bond donors (Lipinski definition) is 0. The van der Waals surface area contributed by atoms with Crippen LogP contribution in [0.1, 0.15) is 155 Å². The average Bonchev–Trinajstić information content (AvgIpc) is 3.42. The summed E-state index contributed by atoms with van der Waals surface area (Å²) in [4.78, 5) is 18.1. The van der Waals surface area contributed by atoms with Gasteiger partial charge in [0.25, 0.3) is 0 Å². The minimum Gasteiger partial charge on any atom is -0.494 e. The minimum atomic E-state index is 0.653. The zero-order valence-corrected chi connectivity index (χ0v) is 43.6. The molecule has 72 heavy (non-hydrogen) atoms. The second-order valence-corrected chi connectivity index (χ2v) is 18.7. The van der Waals surface area contributed by atoms with E-state index in [9.17, 15) is 0 Å². The van der Waals surface area contributed by atoms with Gasteiger partial charge in [0.1, 0.15) is 23.0 Å². The maximum Gasteiger partial charge on any atom is 0.159 e. The topological polar surface area (TPSA) is 107 Å². The van der Waals surface area contributed by atoms with E-state index in [4.69, 9.17) is 28.4 Å². The van der Waals surface area contributed by atoms with Crippen molar-refractivity contribution in [3.63, 3.8) is 0 Å². The maximum atomic E-state index is 6.03. The molecule has 10 heteroatoms. The van der Waals surface area contributed by atoms with Gasteiger partial charge in [-0.3, -0.25) is 0 Å². The van der Waals surface area contributed by atoms with Crippen LogP contribution in [0.4, 0.5) is 0 Å². The Morgan fingerprint density at radius 1 is 0.236 bits per heavy atom. The summed E-state index contributed by atoms with van der Waals surface area (Å²) >= 11 is 0. The van der Waals surface area contributed by atoms with E-state index >= 15 is 0 Å². The van der Waals surface area contributed by atoms with Crippen LogP contribution in [0.3, 0.4) is 0 Å². The van der Waals surface area contributed by atoms with E-state index in [1.54, 1.807) is 24.8 Å². The van der Waals surface area contributed by atoms with Crippen molar-refractivity contribution in [2.24, 2.45) is 0 Å². The molecular weight excluding hydrogens is 897 g/mol. The Morgan fingerprint density at radius 3 is 0.694 bits per heavy atom. The Labute approximate surface area is 431 Å². The van der Waals surface area contributed by atoms with Crippen LogP contribution in [-0.4, -0.2) is 59.6 Å². The highest BCUT2D eigenvalue weighted by Gasteiger charge is 2.07. The van der Waals surface area contributed by atoms with E-state index in [0.717, 1.165) is 130 Å². The van der Waals surface area contributed by atoms with E-state index in [-0.39, 0.29) is 0 Å². The van der Waals surface area contributed by atoms with Crippen LogP contribution in [-0.2, 0) is 0 Å². The molecule has 4 aromatic carbocycles. The molecule has 0 bridgehead atoms. The van der Waals surface area contributed by atoms with Gasteiger partial charge in [-0.1, -0.05) is 141 Å². The molecule has 0 saturated carbocycles. The molecule has 0 N–H and O–H groups in total. The Kier molecular flexibility index (Phi) is 26.2. The first-order chi connectivity index (χ1) is 35.7. The predicted octanol–water partition coefficient (Wildman–Crippen LogP) is 16.6. The number of ether oxygens (including phenoxy) is 6. The molecule has 6 aromatic rings. The van der Waals surface area contributed by atoms with Gasteiger partial charge in [-0.05, 0) is 122 Å². The van der Waals surface area contributed by atoms with Crippen molar-refractivity contribution < 1.29 is 28.4 Å². The molecule has 2 aromatic heterocycles. The monoisotopic (exact) mass is 979 g/mol. The molecule has 6 rings (SSSR count). The first-order valence-corrected chi connectivity index (χ1v) is 27.5. The number of nitrogens with zero attached hydrogens (tertiary/aromatic N) is 4. The van der Waals surface area contributed by atoms with Crippen molar-refractivity contribution in [3.8, 4) is 68.4 Å². The molecular formula is C62H82N4O6. The molecule has 0 fully saturated rings. The molecule has 0 spiro atoms. The molecule has 0 amide bonds. The smallest absolute Gasteiger partial charge is 0.159 e. The van der Waals surface area contributed by atoms with Gasteiger partial charge < -0.3 is 28.4 Å². The summed E-state index contributed by atoms with van der Waals surface area (Å²) in [5.41, 5.74) is 4.27. The molecule has 386 valence electrons. The summed E-state index contributed by atoms with van der Waals surface area (Å²) in [6, 6.07) is 32.8. The maximum absolute atomic E-state index is 6.03. The standard InChI is InChI=1S/C62H82N4O6/c1-3-5-7-9-13-19-41-67-55-33-25-51(26-34-55)52-27-35-56(36-28-52)68-42-20-17-12-18-24-46-72-60-49-65-62(66-50-60)54-31-39-58(40-32-54)70-44-22-16-11-15-21-43-69-57-37-29-53(30-38-57)61-63-47-59(48-64-61)71-45-23-14-10-8-6-4-2/h25-40,47-50H,3-24,41-46H2,1-2H3. The van der Waals surface area contributed by atoms with E-state index in [1.165, 1.54) is 75.3 Å². The van der Waals surface area contributed by atoms with Crippen molar-refractivity contribution in [3.05, 3.63) is 122 Å². The van der Waals surface area contributed by atoms with Crippen molar-refractivity contribution in [2.45, 2.75) is 155 Å². The molecule has 0 radical (unpaired) electrons. The third kappa shape index (κ3) is 21.7. The summed E-state index contributed by atoms with van der Waals surface area (Å²) in [6.07, 6.45) is 33.0. The summed E-state index contributed by atoms with van der Waals surface area (Å²) < 4.78 is 35.8. The summed E-state index contributed by atoms with van der Waals surface area (Å²) in [6.45, 7) is 8.77. The molecule has 0 aliphatic heterocycles. The Bertz CT molecular complexity index is 2110. The van der Waals surface area contributed by atoms with Gasteiger partial charge in [-0.2, -0.15) is 0 Å². The lowest BCUT2D eigenvalue weighted by molar-refractivity contribution is 0.292. The lowest BCUT2D eigenvalue weighted by atomic mass is 10.1. The number of rotatable bonds is 39. The first kappa shape index (κ1) is 55.2. The van der Waals surface area contributed by atoms with Gasteiger partial charge in [0.05, 0.1) is 64.4 Å². The Hall–Kier alpha value is -6.16. The minimum absolute atomic E-state index is 0.653. The van der Waals surface area contributed by atoms with Crippen LogP contribution in [0, 0.1) is 0 Å². The summed E-state index contributed by atoms with van der Waals surface area (Å²) in [5, 5.41) is 0. The van der Waals surface area contributed by atoms with Crippen molar-refractivity contribution >= 4 is 0 Å². The fraction of sp³-hybridized carbons (Fsp3) is 0.484. The van der Waals surface area contributed by atoms with Crippen LogP contribution in [0.15, 0.2) is 122 Å². The highest BCUT2D eigenvalue weighted by molar-refractivity contribution is 5.65. The van der Waals surface area contributed by atoms with Crippen LogP contribution in [0.5, 0.6) is 34.5 Å². The van der Waals surface area contributed by atoms with E-state index in [0.29, 0.717) is 43.8 Å².